The Bertz CT molecular complexity index is 431. The lowest BCUT2D eigenvalue weighted by molar-refractivity contribution is 0.283. The van der Waals surface area contributed by atoms with Crippen molar-refractivity contribution < 1.29 is 0 Å². The van der Waals surface area contributed by atoms with Gasteiger partial charge in [-0.3, -0.25) is 0 Å². The molecule has 3 rings (SSSR count). The molecule has 2 aliphatic carbocycles. The average Bonchev–Trinajstić information content (AvgIpc) is 3.07. The Balaban J connectivity index is 1.73. The minimum absolute atomic E-state index is 0.535. The van der Waals surface area contributed by atoms with Gasteiger partial charge >= 0.3 is 0 Å². The molecule has 2 heteroatoms. The normalized spacial score (nSPS) is 30.7. The molecule has 19 heavy (non-hydrogen) atoms. The van der Waals surface area contributed by atoms with E-state index in [0.29, 0.717) is 6.04 Å². The molecule has 4 atom stereocenters. The second kappa shape index (κ2) is 5.88. The molecule has 1 aromatic rings. The number of rotatable bonds is 5. The van der Waals surface area contributed by atoms with Gasteiger partial charge in [0.1, 0.15) is 0 Å². The van der Waals surface area contributed by atoms with Crippen LogP contribution in [0.3, 0.4) is 0 Å². The largest absolute Gasteiger partial charge is 0.313 e. The number of benzene rings is 1. The highest BCUT2D eigenvalue weighted by Crippen LogP contribution is 2.51. The predicted molar refractivity (Wildman–Crippen MR) is 83.6 cm³/mol. The van der Waals surface area contributed by atoms with Crippen LogP contribution in [0.4, 0.5) is 0 Å². The van der Waals surface area contributed by atoms with Gasteiger partial charge in [-0.15, -0.1) is 11.8 Å². The summed E-state index contributed by atoms with van der Waals surface area (Å²) >= 11 is 1.87. The molecule has 0 heterocycles. The number of hydrogen-bond acceptors (Lipinski definition) is 2. The molecule has 1 aromatic carbocycles. The van der Waals surface area contributed by atoms with Crippen molar-refractivity contribution in [2.75, 3.05) is 13.3 Å². The topological polar surface area (TPSA) is 12.0 Å². The summed E-state index contributed by atoms with van der Waals surface area (Å²) < 4.78 is 0. The Morgan fingerprint density at radius 2 is 2.11 bits per heavy atom. The Hall–Kier alpha value is -0.470. The van der Waals surface area contributed by atoms with Gasteiger partial charge in [-0.05, 0) is 68.4 Å². The van der Waals surface area contributed by atoms with E-state index in [1.54, 1.807) is 0 Å². The van der Waals surface area contributed by atoms with Gasteiger partial charge in [0.25, 0.3) is 0 Å². The lowest BCUT2D eigenvalue weighted by Gasteiger charge is -2.27. The molecule has 1 nitrogen and oxygen atoms in total. The highest BCUT2D eigenvalue weighted by molar-refractivity contribution is 7.98. The summed E-state index contributed by atoms with van der Waals surface area (Å²) in [6, 6.07) is 9.43. The minimum Gasteiger partial charge on any atom is -0.313 e. The molecule has 0 amide bonds. The smallest absolute Gasteiger partial charge is 0.0331 e. The lowest BCUT2D eigenvalue weighted by atomic mass is 9.83. The molecular formula is C17H25NS. The van der Waals surface area contributed by atoms with Crippen molar-refractivity contribution in [2.45, 2.75) is 43.0 Å². The molecule has 4 unspecified atom stereocenters. The van der Waals surface area contributed by atoms with Crippen molar-refractivity contribution in [3.8, 4) is 0 Å². The van der Waals surface area contributed by atoms with Gasteiger partial charge in [-0.25, -0.2) is 0 Å². The first-order valence-corrected chi connectivity index (χ1v) is 8.84. The molecule has 2 fully saturated rings. The molecule has 0 radical (unpaired) electrons. The first kappa shape index (κ1) is 13.5. The summed E-state index contributed by atoms with van der Waals surface area (Å²) in [6.45, 7) is 0. The summed E-state index contributed by atoms with van der Waals surface area (Å²) in [5, 5.41) is 3.57. The van der Waals surface area contributed by atoms with Crippen molar-refractivity contribution >= 4 is 11.8 Å². The van der Waals surface area contributed by atoms with Crippen LogP contribution in [0.15, 0.2) is 29.2 Å². The highest BCUT2D eigenvalue weighted by atomic mass is 32.2. The van der Waals surface area contributed by atoms with E-state index in [2.05, 4.69) is 42.9 Å². The second-order valence-electron chi connectivity index (χ2n) is 6.25. The van der Waals surface area contributed by atoms with E-state index in [1.807, 2.05) is 11.8 Å². The number of nitrogens with one attached hydrogen (secondary N) is 1. The maximum Gasteiger partial charge on any atom is 0.0331 e. The molecule has 0 aliphatic heterocycles. The van der Waals surface area contributed by atoms with Crippen molar-refractivity contribution in [3.05, 3.63) is 29.8 Å². The van der Waals surface area contributed by atoms with Gasteiger partial charge in [-0.1, -0.05) is 24.6 Å². The Morgan fingerprint density at radius 1 is 1.26 bits per heavy atom. The van der Waals surface area contributed by atoms with Gasteiger partial charge in [0.2, 0.25) is 0 Å². The summed E-state index contributed by atoms with van der Waals surface area (Å²) in [7, 11) is 2.12. The third kappa shape index (κ3) is 2.71. The van der Waals surface area contributed by atoms with Gasteiger partial charge in [0.05, 0.1) is 0 Å². The van der Waals surface area contributed by atoms with E-state index >= 15 is 0 Å². The third-order valence-electron chi connectivity index (χ3n) is 5.29. The quantitative estimate of drug-likeness (QED) is 0.794. The third-order valence-corrected chi connectivity index (χ3v) is 6.10. The zero-order valence-corrected chi connectivity index (χ0v) is 12.9. The van der Waals surface area contributed by atoms with Crippen LogP contribution < -0.4 is 5.32 Å². The van der Waals surface area contributed by atoms with Gasteiger partial charge in [-0.2, -0.15) is 0 Å². The monoisotopic (exact) mass is 275 g/mol. The Kier molecular flexibility index (Phi) is 4.18. The predicted octanol–water partition coefficient (Wildman–Crippen LogP) is 4.50. The van der Waals surface area contributed by atoms with E-state index in [-0.39, 0.29) is 0 Å². The fraction of sp³-hybridized carbons (Fsp3) is 0.647. The lowest BCUT2D eigenvalue weighted by Crippen LogP contribution is -2.23. The zero-order chi connectivity index (χ0) is 13.2. The van der Waals surface area contributed by atoms with Crippen LogP contribution >= 0.6 is 11.8 Å². The van der Waals surface area contributed by atoms with Crippen LogP contribution in [-0.4, -0.2) is 13.3 Å². The summed E-state index contributed by atoms with van der Waals surface area (Å²) in [4.78, 5) is 1.44. The molecule has 0 spiro atoms. The molecule has 0 aromatic heterocycles. The van der Waals surface area contributed by atoms with Crippen LogP contribution in [0.2, 0.25) is 0 Å². The molecule has 0 saturated heterocycles. The maximum absolute atomic E-state index is 3.57. The van der Waals surface area contributed by atoms with Crippen LogP contribution in [0.5, 0.6) is 0 Å². The molecule has 2 aliphatic rings. The van der Waals surface area contributed by atoms with Crippen molar-refractivity contribution in [1.29, 1.82) is 0 Å². The van der Waals surface area contributed by atoms with E-state index in [1.165, 1.54) is 42.6 Å². The second-order valence-corrected chi connectivity index (χ2v) is 7.10. The van der Waals surface area contributed by atoms with Crippen molar-refractivity contribution in [3.63, 3.8) is 0 Å². The standard InChI is InChI=1S/C17H25NS/c1-18-16(15-5-3-4-6-17(15)19-2)11-14-10-12-7-8-13(14)9-12/h3-6,12-14,16,18H,7-11H2,1-2H3. The summed E-state index contributed by atoms with van der Waals surface area (Å²) in [5.74, 6) is 3.05. The van der Waals surface area contributed by atoms with E-state index in [4.69, 9.17) is 0 Å². The van der Waals surface area contributed by atoms with Crippen molar-refractivity contribution in [1.82, 2.24) is 5.32 Å². The maximum atomic E-state index is 3.57. The first-order valence-electron chi connectivity index (χ1n) is 7.62. The number of fused-ring (bicyclic) bond motifs is 2. The molecule has 1 N–H and O–H groups in total. The fourth-order valence-corrected chi connectivity index (χ4v) is 4.98. The number of hydrogen-bond donors (Lipinski definition) is 1. The average molecular weight is 275 g/mol. The first-order chi connectivity index (χ1) is 9.31. The molecule has 2 saturated carbocycles. The molecular weight excluding hydrogens is 250 g/mol. The number of thioether (sulfide) groups is 1. The SMILES string of the molecule is CNC(CC1CC2CCC1C2)c1ccccc1SC. The summed E-state index contributed by atoms with van der Waals surface area (Å²) in [6.07, 6.45) is 9.52. The fourth-order valence-electron chi connectivity index (χ4n) is 4.32. The molecule has 2 bridgehead atoms. The van der Waals surface area contributed by atoms with Crippen LogP contribution in [0, 0.1) is 17.8 Å². The molecule has 104 valence electrons. The van der Waals surface area contributed by atoms with Gasteiger partial charge < -0.3 is 5.32 Å². The zero-order valence-electron chi connectivity index (χ0n) is 12.1. The van der Waals surface area contributed by atoms with Crippen molar-refractivity contribution in [2.24, 2.45) is 17.8 Å². The van der Waals surface area contributed by atoms with Crippen LogP contribution in [0.1, 0.15) is 43.7 Å². The van der Waals surface area contributed by atoms with Gasteiger partial charge in [0.15, 0.2) is 0 Å². The van der Waals surface area contributed by atoms with E-state index in [0.717, 1.165) is 17.8 Å². The minimum atomic E-state index is 0.535. The van der Waals surface area contributed by atoms with Gasteiger partial charge in [0, 0.05) is 10.9 Å². The Labute approximate surface area is 121 Å². The van der Waals surface area contributed by atoms with E-state index < -0.39 is 0 Å². The van der Waals surface area contributed by atoms with Crippen LogP contribution in [-0.2, 0) is 0 Å². The van der Waals surface area contributed by atoms with Crippen LogP contribution in [0.25, 0.3) is 0 Å². The van der Waals surface area contributed by atoms with E-state index in [9.17, 15) is 0 Å². The summed E-state index contributed by atoms with van der Waals surface area (Å²) in [5.41, 5.74) is 1.50. The Morgan fingerprint density at radius 3 is 2.74 bits per heavy atom. The highest BCUT2D eigenvalue weighted by Gasteiger charge is 2.40.